The average molecular weight is 361 g/mol. The van der Waals surface area contributed by atoms with E-state index in [1.165, 1.54) is 11.3 Å². The summed E-state index contributed by atoms with van der Waals surface area (Å²) in [6.07, 6.45) is 1.19. The molecular weight excluding hydrogens is 345 g/mol. The summed E-state index contributed by atoms with van der Waals surface area (Å²) in [5.74, 6) is 0.522. The van der Waals surface area contributed by atoms with E-state index >= 15 is 0 Å². The molecule has 6 nitrogen and oxygen atoms in total. The summed E-state index contributed by atoms with van der Waals surface area (Å²) in [5, 5.41) is 20.6. The molecule has 3 heterocycles. The van der Waals surface area contributed by atoms with E-state index in [1.54, 1.807) is 4.90 Å². The lowest BCUT2D eigenvalue weighted by Crippen LogP contribution is -2.46. The second kappa shape index (κ2) is 6.50. The van der Waals surface area contributed by atoms with Gasteiger partial charge in [0.2, 0.25) is 0 Å². The number of nitrogens with zero attached hydrogens (tertiary/aromatic N) is 3. The molecule has 26 heavy (non-hydrogen) atoms. The Kier molecular flexibility index (Phi) is 4.17. The highest BCUT2D eigenvalue weighted by molar-refractivity contribution is 7.20. The Morgan fingerprint density at radius 2 is 2.08 bits per heavy atom. The number of nitrogens with one attached hydrogen (secondary N) is 2. The summed E-state index contributed by atoms with van der Waals surface area (Å²) in [5.41, 5.74) is 0.318. The summed E-state index contributed by atoms with van der Waals surface area (Å²) in [6, 6.07) is 13.7. The molecule has 0 bridgehead atoms. The number of nitriles is 1. The standard InChI is InChI=1S/C18H16BN5OS/c19-15-6-5-14(26-15)18(11-20)7-9-24(10-8-18)17(25)21-16-12-3-1-2-4-13(12)22-23-16/h1-6H,7-10H2,(H2,21,22,23,25). The van der Waals surface area contributed by atoms with E-state index in [4.69, 9.17) is 7.85 Å². The Hall–Kier alpha value is -2.79. The largest absolute Gasteiger partial charge is 0.324 e. The van der Waals surface area contributed by atoms with Gasteiger partial charge in [-0.25, -0.2) is 4.79 Å². The van der Waals surface area contributed by atoms with Crippen LogP contribution in [0.25, 0.3) is 10.9 Å². The summed E-state index contributed by atoms with van der Waals surface area (Å²) in [6.45, 7) is 1.03. The van der Waals surface area contributed by atoms with Crippen LogP contribution >= 0.6 is 11.3 Å². The lowest BCUT2D eigenvalue weighted by Gasteiger charge is -2.36. The molecule has 2 radical (unpaired) electrons. The highest BCUT2D eigenvalue weighted by atomic mass is 32.1. The van der Waals surface area contributed by atoms with Gasteiger partial charge in [0.1, 0.15) is 7.85 Å². The van der Waals surface area contributed by atoms with E-state index in [2.05, 4.69) is 21.6 Å². The second-order valence-electron chi connectivity index (χ2n) is 6.43. The number of hydrogen-bond donors (Lipinski definition) is 2. The van der Waals surface area contributed by atoms with Crippen molar-refractivity contribution in [3.63, 3.8) is 0 Å². The average Bonchev–Trinajstić information content (AvgIpc) is 3.29. The van der Waals surface area contributed by atoms with Crippen molar-refractivity contribution in [2.75, 3.05) is 18.4 Å². The van der Waals surface area contributed by atoms with Gasteiger partial charge in [0, 0.05) is 23.4 Å². The van der Waals surface area contributed by atoms with Crippen LogP contribution in [0, 0.1) is 11.3 Å². The highest BCUT2D eigenvalue weighted by Gasteiger charge is 2.38. The highest BCUT2D eigenvalue weighted by Crippen LogP contribution is 2.37. The number of hydrogen-bond acceptors (Lipinski definition) is 4. The van der Waals surface area contributed by atoms with E-state index in [0.29, 0.717) is 36.5 Å². The van der Waals surface area contributed by atoms with Crippen molar-refractivity contribution in [3.05, 3.63) is 41.3 Å². The molecule has 8 heteroatoms. The number of benzene rings is 1. The first-order valence-electron chi connectivity index (χ1n) is 8.37. The Balaban J connectivity index is 1.46. The fourth-order valence-corrected chi connectivity index (χ4v) is 4.33. The van der Waals surface area contributed by atoms with Gasteiger partial charge in [-0.1, -0.05) is 18.2 Å². The molecule has 1 aromatic carbocycles. The fourth-order valence-electron chi connectivity index (χ4n) is 3.35. The van der Waals surface area contributed by atoms with Crippen molar-refractivity contribution in [1.29, 1.82) is 5.26 Å². The SMILES string of the molecule is [B]c1ccc(C2(C#N)CCN(C(=O)Nc3n[nH]c4ccccc34)CC2)s1. The number of rotatable bonds is 2. The third-order valence-electron chi connectivity index (χ3n) is 4.91. The van der Waals surface area contributed by atoms with Crippen molar-refractivity contribution in [2.45, 2.75) is 18.3 Å². The van der Waals surface area contributed by atoms with Crippen molar-refractivity contribution in [2.24, 2.45) is 0 Å². The zero-order chi connectivity index (χ0) is 18.1. The molecule has 4 rings (SSSR count). The number of aromatic nitrogens is 2. The van der Waals surface area contributed by atoms with Gasteiger partial charge in [-0.2, -0.15) is 21.7 Å². The van der Waals surface area contributed by atoms with Crippen LogP contribution in [0.1, 0.15) is 17.7 Å². The normalized spacial score (nSPS) is 16.3. The lowest BCUT2D eigenvalue weighted by atomic mass is 9.78. The second-order valence-corrected chi connectivity index (χ2v) is 7.55. The molecule has 0 spiro atoms. The summed E-state index contributed by atoms with van der Waals surface area (Å²) in [7, 11) is 5.82. The van der Waals surface area contributed by atoms with E-state index in [1.807, 2.05) is 36.4 Å². The topological polar surface area (TPSA) is 84.8 Å². The van der Waals surface area contributed by atoms with Crippen LogP contribution in [-0.4, -0.2) is 42.1 Å². The lowest BCUT2D eigenvalue weighted by molar-refractivity contribution is 0.184. The molecule has 1 aliphatic heterocycles. The summed E-state index contributed by atoms with van der Waals surface area (Å²) in [4.78, 5) is 15.3. The monoisotopic (exact) mass is 361 g/mol. The van der Waals surface area contributed by atoms with Crippen LogP contribution < -0.4 is 10.1 Å². The van der Waals surface area contributed by atoms with Gasteiger partial charge in [0.05, 0.1) is 17.0 Å². The maximum absolute atomic E-state index is 12.6. The molecule has 2 aromatic heterocycles. The zero-order valence-corrected chi connectivity index (χ0v) is 14.8. The van der Waals surface area contributed by atoms with Crippen molar-refractivity contribution in [1.82, 2.24) is 15.1 Å². The number of carbonyl (C=O) groups is 1. The molecule has 3 aromatic rings. The van der Waals surface area contributed by atoms with Crippen LogP contribution in [0.2, 0.25) is 0 Å². The molecule has 1 aliphatic rings. The van der Waals surface area contributed by atoms with Gasteiger partial charge in [-0.3, -0.25) is 10.4 Å². The number of amides is 2. The Morgan fingerprint density at radius 3 is 2.77 bits per heavy atom. The van der Waals surface area contributed by atoms with Crippen LogP contribution in [0.3, 0.4) is 0 Å². The predicted octanol–water partition coefficient (Wildman–Crippen LogP) is 2.51. The maximum Gasteiger partial charge on any atom is 0.323 e. The molecule has 0 unspecified atom stereocenters. The Bertz CT molecular complexity index is 996. The van der Waals surface area contributed by atoms with Crippen LogP contribution in [0.4, 0.5) is 10.6 Å². The first-order chi connectivity index (χ1) is 12.6. The number of thiophene rings is 1. The van der Waals surface area contributed by atoms with Gasteiger partial charge in [0.15, 0.2) is 5.82 Å². The molecule has 1 saturated heterocycles. The van der Waals surface area contributed by atoms with Crippen molar-refractivity contribution >= 4 is 46.7 Å². The van der Waals surface area contributed by atoms with Crippen LogP contribution in [0.5, 0.6) is 0 Å². The quantitative estimate of drug-likeness (QED) is 0.688. The number of aromatic amines is 1. The zero-order valence-electron chi connectivity index (χ0n) is 14.0. The van der Waals surface area contributed by atoms with E-state index in [-0.39, 0.29) is 6.03 Å². The maximum atomic E-state index is 12.6. The third-order valence-corrected chi connectivity index (χ3v) is 6.03. The fraction of sp³-hybridized carbons (Fsp3) is 0.278. The number of carbonyl (C=O) groups excluding carboxylic acids is 1. The summed E-state index contributed by atoms with van der Waals surface area (Å²) < 4.78 is 0.709. The molecular formula is C18H16BN5OS. The number of urea groups is 1. The van der Waals surface area contributed by atoms with Gasteiger partial charge in [-0.15, -0.1) is 0 Å². The molecule has 2 amide bonds. The van der Waals surface area contributed by atoms with Crippen molar-refractivity contribution < 1.29 is 4.79 Å². The molecule has 0 saturated carbocycles. The van der Waals surface area contributed by atoms with E-state index in [0.717, 1.165) is 15.8 Å². The van der Waals surface area contributed by atoms with E-state index in [9.17, 15) is 10.1 Å². The first kappa shape index (κ1) is 16.7. The number of piperidine rings is 1. The molecule has 2 N–H and O–H groups in total. The smallest absolute Gasteiger partial charge is 0.323 e. The van der Waals surface area contributed by atoms with Crippen LogP contribution in [-0.2, 0) is 5.41 Å². The minimum absolute atomic E-state index is 0.195. The number of anilines is 1. The van der Waals surface area contributed by atoms with Gasteiger partial charge < -0.3 is 4.90 Å². The number of para-hydroxylation sites is 1. The van der Waals surface area contributed by atoms with Gasteiger partial charge in [0.25, 0.3) is 0 Å². The number of likely N-dealkylation sites (tertiary alicyclic amines) is 1. The van der Waals surface area contributed by atoms with Crippen LogP contribution in [0.15, 0.2) is 36.4 Å². The molecule has 128 valence electrons. The minimum atomic E-state index is -0.557. The number of fused-ring (bicyclic) bond motifs is 1. The predicted molar refractivity (Wildman–Crippen MR) is 103 cm³/mol. The minimum Gasteiger partial charge on any atom is -0.324 e. The first-order valence-corrected chi connectivity index (χ1v) is 9.19. The Morgan fingerprint density at radius 1 is 1.31 bits per heavy atom. The number of H-pyrrole nitrogens is 1. The van der Waals surface area contributed by atoms with Gasteiger partial charge >= 0.3 is 6.03 Å². The molecule has 0 aliphatic carbocycles. The summed E-state index contributed by atoms with van der Waals surface area (Å²) >= 11 is 1.45. The Labute approximate surface area is 156 Å². The molecule has 0 atom stereocenters. The molecule has 1 fully saturated rings. The van der Waals surface area contributed by atoms with E-state index < -0.39 is 5.41 Å². The third kappa shape index (κ3) is 2.84. The van der Waals surface area contributed by atoms with Gasteiger partial charge in [-0.05, 0) is 35.8 Å². The van der Waals surface area contributed by atoms with Crippen molar-refractivity contribution in [3.8, 4) is 6.07 Å².